The average molecular weight is 881 g/mol. The zero-order valence-corrected chi connectivity index (χ0v) is 37.9. The van der Waals surface area contributed by atoms with Crippen LogP contribution in [-0.4, -0.2) is 118 Å². The molecule has 17 nitrogen and oxygen atoms in total. The molecule has 18 heteroatoms. The van der Waals surface area contributed by atoms with E-state index in [1.165, 1.54) is 10.5 Å². The summed E-state index contributed by atoms with van der Waals surface area (Å²) in [6.45, 7) is 13.9. The number of benzene rings is 1. The third-order valence-electron chi connectivity index (χ3n) is 14.0. The Hall–Kier alpha value is -4.55. The van der Waals surface area contributed by atoms with Gasteiger partial charge < -0.3 is 51.4 Å². The van der Waals surface area contributed by atoms with Crippen LogP contribution in [0.5, 0.6) is 0 Å². The van der Waals surface area contributed by atoms with Gasteiger partial charge in [0.1, 0.15) is 24.2 Å². The maximum atomic E-state index is 14.4. The Morgan fingerprint density at radius 3 is 2.13 bits per heavy atom. The molecule has 5 fully saturated rings. The van der Waals surface area contributed by atoms with Gasteiger partial charge in [0.15, 0.2) is 0 Å². The minimum absolute atomic E-state index is 0.0705. The number of hydrogen-bond donors (Lipinski definition) is 7. The summed E-state index contributed by atoms with van der Waals surface area (Å²) < 4.78 is 13.5. The first-order chi connectivity index (χ1) is 29.6. The highest BCUT2D eigenvalue weighted by Gasteiger charge is 2.68. The lowest BCUT2D eigenvalue weighted by molar-refractivity contribution is -0.199. The normalized spacial score (nSPS) is 25.8. The molecule has 2 bridgehead atoms. The summed E-state index contributed by atoms with van der Waals surface area (Å²) in [6.07, 6.45) is 4.55. The second-order valence-corrected chi connectivity index (χ2v) is 19.5. The summed E-state index contributed by atoms with van der Waals surface area (Å²) in [4.78, 5) is 92.8. The van der Waals surface area contributed by atoms with E-state index in [1.807, 2.05) is 18.2 Å². The van der Waals surface area contributed by atoms with Crippen molar-refractivity contribution >= 4 is 48.6 Å². The van der Waals surface area contributed by atoms with Crippen LogP contribution >= 0.6 is 0 Å². The Kier molecular flexibility index (Phi) is 16.5. The summed E-state index contributed by atoms with van der Waals surface area (Å²) in [6, 6.07) is 4.18. The monoisotopic (exact) mass is 881 g/mol. The number of hydrogen-bond acceptors (Lipinski definition) is 10. The highest BCUT2D eigenvalue weighted by Crippen LogP contribution is 2.65. The van der Waals surface area contributed by atoms with Crippen molar-refractivity contribution < 1.29 is 53.1 Å². The number of carbonyl (C=O) groups excluding carboxylic acids is 5. The molecule has 3 saturated carbocycles. The zero-order valence-electron chi connectivity index (χ0n) is 37.9. The fraction of sp³-hybridized carbons (Fsp3) is 0.711. The van der Waals surface area contributed by atoms with E-state index >= 15 is 0 Å². The van der Waals surface area contributed by atoms with Gasteiger partial charge >= 0.3 is 19.1 Å². The van der Waals surface area contributed by atoms with Gasteiger partial charge in [-0.1, -0.05) is 78.3 Å². The topological polar surface area (TPSA) is 256 Å². The number of nitrogens with two attached hydrogens (primary N) is 1. The Bertz CT molecular complexity index is 1830. The van der Waals surface area contributed by atoms with Gasteiger partial charge in [-0.2, -0.15) is 0 Å². The number of aliphatic carboxylic acids is 2. The van der Waals surface area contributed by atoms with Crippen LogP contribution in [0, 0.1) is 29.1 Å². The molecular formula is C45H69BN6O11. The second-order valence-electron chi connectivity index (χ2n) is 19.5. The molecule has 0 radical (unpaired) electrons. The molecule has 1 aromatic carbocycles. The molecule has 10 atom stereocenters. The van der Waals surface area contributed by atoms with Crippen molar-refractivity contribution in [2.45, 2.75) is 167 Å². The van der Waals surface area contributed by atoms with Crippen LogP contribution in [0.1, 0.15) is 118 Å². The van der Waals surface area contributed by atoms with E-state index in [0.717, 1.165) is 32.1 Å². The Morgan fingerprint density at radius 2 is 1.51 bits per heavy atom. The Balaban J connectivity index is 1.26. The van der Waals surface area contributed by atoms with Crippen LogP contribution in [0.3, 0.4) is 0 Å². The van der Waals surface area contributed by atoms with Crippen molar-refractivity contribution in [1.29, 1.82) is 0 Å². The molecule has 5 aliphatic rings. The minimum atomic E-state index is -1.51. The quantitative estimate of drug-likeness (QED) is 0.0656. The van der Waals surface area contributed by atoms with Gasteiger partial charge in [-0.15, -0.1) is 0 Å². The molecule has 2 aliphatic heterocycles. The van der Waals surface area contributed by atoms with Crippen molar-refractivity contribution in [2.75, 3.05) is 6.54 Å². The number of aryl methyl sites for hydroxylation is 1. The highest BCUT2D eigenvalue weighted by atomic mass is 16.7. The number of carboxylic acids is 2. The third-order valence-corrected chi connectivity index (χ3v) is 14.0. The Labute approximate surface area is 371 Å². The van der Waals surface area contributed by atoms with Crippen molar-refractivity contribution in [3.8, 4) is 0 Å². The summed E-state index contributed by atoms with van der Waals surface area (Å²) >= 11 is 0. The number of carboxylic acid groups (broad SMARTS) is 2. The van der Waals surface area contributed by atoms with Crippen molar-refractivity contribution in [3.63, 3.8) is 0 Å². The predicted molar refractivity (Wildman–Crippen MR) is 233 cm³/mol. The summed E-state index contributed by atoms with van der Waals surface area (Å²) in [5.74, 6) is -6.42. The lowest BCUT2D eigenvalue weighted by atomic mass is 9.43. The van der Waals surface area contributed by atoms with E-state index < -0.39 is 109 Å². The molecule has 0 unspecified atom stereocenters. The van der Waals surface area contributed by atoms with E-state index in [0.29, 0.717) is 37.6 Å². The molecule has 8 N–H and O–H groups in total. The van der Waals surface area contributed by atoms with Gasteiger partial charge in [-0.3, -0.25) is 33.6 Å². The molecule has 5 amide bonds. The summed E-state index contributed by atoms with van der Waals surface area (Å²) in [7, 11) is -0.647. The average Bonchev–Trinajstić information content (AvgIpc) is 3.86. The first kappa shape index (κ1) is 49.5. The van der Waals surface area contributed by atoms with Gasteiger partial charge in [0, 0.05) is 13.0 Å². The van der Waals surface area contributed by atoms with Crippen LogP contribution < -0.4 is 27.0 Å². The number of nitrogens with zero attached hydrogens (tertiary/aromatic N) is 1. The van der Waals surface area contributed by atoms with E-state index in [-0.39, 0.29) is 23.8 Å². The first-order valence-electron chi connectivity index (χ1n) is 22.7. The van der Waals surface area contributed by atoms with E-state index in [4.69, 9.17) is 20.1 Å². The maximum Gasteiger partial charge on any atom is 0.481 e. The minimum Gasteiger partial charge on any atom is -0.481 e. The van der Waals surface area contributed by atoms with Gasteiger partial charge in [-0.05, 0) is 92.9 Å². The number of carbonyl (C=O) groups is 7. The summed E-state index contributed by atoms with van der Waals surface area (Å²) in [5.41, 5.74) is 6.59. The number of amides is 5. The SMILES string of the molecule is CC(C)[C@H](NC(=O)[C@H](CCC(=O)O)NC(=O)[C@@H](N)CC(=O)O)C(=O)N[C@H](C(=O)N1CCC[C@H]1C(=O)N[C@@H](CCCCc1ccccc1)B1O[C@H]2C[C@@H]3C[C@@H](C3(C)C)[C@@]2(C)O1)C(C)C. The molecular weight excluding hydrogens is 811 g/mol. The van der Waals surface area contributed by atoms with Crippen LogP contribution in [0.2, 0.25) is 0 Å². The molecule has 348 valence electrons. The molecule has 0 spiro atoms. The third kappa shape index (κ3) is 11.8. The molecule has 63 heavy (non-hydrogen) atoms. The van der Waals surface area contributed by atoms with Crippen molar-refractivity contribution in [3.05, 3.63) is 35.9 Å². The van der Waals surface area contributed by atoms with E-state index in [9.17, 15) is 38.7 Å². The number of rotatable bonds is 22. The van der Waals surface area contributed by atoms with Gasteiger partial charge in [0.25, 0.3) is 0 Å². The van der Waals surface area contributed by atoms with Crippen LogP contribution in [0.15, 0.2) is 30.3 Å². The largest absolute Gasteiger partial charge is 0.481 e. The van der Waals surface area contributed by atoms with Gasteiger partial charge in [-0.25, -0.2) is 0 Å². The lowest BCUT2D eigenvalue weighted by Crippen LogP contribution is -2.65. The maximum absolute atomic E-state index is 14.4. The smallest absolute Gasteiger partial charge is 0.481 e. The standard InChI is InChI=1S/C45H69BN6O11/c1-25(2)37(50-40(58)30(19-20-35(53)54)48-39(57)29(47)24-36(55)56)42(60)51-38(26(3)4)43(61)52-21-13-17-31(52)41(59)49-34(18-12-11-16-27-14-9-8-10-15-27)46-62-33-23-28-22-32(44(28,5)6)45(33,7)63-46/h8-10,14-15,25-26,28-34,37-38H,11-13,16-24,47H2,1-7H3,(H,48,57)(H,49,59)(H,50,58)(H,51,60)(H,53,54)(H,55,56)/t28-,29-,30-,31-,32-,33-,34-,37-,38-,45+/m0/s1. The molecule has 6 rings (SSSR count). The molecule has 2 heterocycles. The van der Waals surface area contributed by atoms with E-state index in [1.54, 1.807) is 27.7 Å². The van der Waals surface area contributed by atoms with Crippen LogP contribution in [0.4, 0.5) is 0 Å². The fourth-order valence-electron chi connectivity index (χ4n) is 10.1. The lowest BCUT2D eigenvalue weighted by Gasteiger charge is -2.64. The number of unbranched alkanes of at least 4 members (excludes halogenated alkanes) is 1. The molecule has 1 aromatic rings. The van der Waals surface area contributed by atoms with Crippen LogP contribution in [0.25, 0.3) is 0 Å². The number of nitrogens with one attached hydrogen (secondary N) is 4. The predicted octanol–water partition coefficient (Wildman–Crippen LogP) is 2.58. The van der Waals surface area contributed by atoms with Crippen LogP contribution in [-0.2, 0) is 49.3 Å². The molecule has 0 aromatic heterocycles. The van der Waals surface area contributed by atoms with Crippen molar-refractivity contribution in [1.82, 2.24) is 26.2 Å². The second kappa shape index (κ2) is 21.0. The Morgan fingerprint density at radius 1 is 0.841 bits per heavy atom. The highest BCUT2D eigenvalue weighted by molar-refractivity contribution is 6.48. The fourth-order valence-corrected chi connectivity index (χ4v) is 10.1. The zero-order chi connectivity index (χ0) is 46.4. The molecule has 2 saturated heterocycles. The van der Waals surface area contributed by atoms with Gasteiger partial charge in [0.05, 0.1) is 30.1 Å². The molecule has 3 aliphatic carbocycles. The number of likely N-dealkylation sites (tertiary alicyclic amines) is 1. The van der Waals surface area contributed by atoms with Crippen molar-refractivity contribution in [2.24, 2.45) is 34.8 Å². The van der Waals surface area contributed by atoms with Gasteiger partial charge in [0.2, 0.25) is 29.5 Å². The first-order valence-corrected chi connectivity index (χ1v) is 22.7. The summed E-state index contributed by atoms with van der Waals surface area (Å²) in [5, 5.41) is 29.3. The van der Waals surface area contributed by atoms with E-state index in [2.05, 4.69) is 54.2 Å².